The zero-order valence-electron chi connectivity index (χ0n) is 12.4. The van der Waals surface area contributed by atoms with Crippen molar-refractivity contribution in [2.45, 2.75) is 13.0 Å². The summed E-state index contributed by atoms with van der Waals surface area (Å²) >= 11 is 1.17. The number of ether oxygens (including phenoxy) is 2. The zero-order valence-corrected chi connectivity index (χ0v) is 13.2. The molecule has 0 bridgehead atoms. The van der Waals surface area contributed by atoms with Gasteiger partial charge in [-0.1, -0.05) is 29.8 Å². The summed E-state index contributed by atoms with van der Waals surface area (Å²) < 4.78 is 10.9. The minimum atomic E-state index is -1.12. The summed E-state index contributed by atoms with van der Waals surface area (Å²) in [7, 11) is 0. The van der Waals surface area contributed by atoms with Crippen molar-refractivity contribution in [3.8, 4) is 11.5 Å². The van der Waals surface area contributed by atoms with Crippen LogP contribution in [0.25, 0.3) is 0 Å². The van der Waals surface area contributed by atoms with E-state index in [1.165, 1.54) is 11.3 Å². The summed E-state index contributed by atoms with van der Waals surface area (Å²) in [5.41, 5.74) is 1.45. The van der Waals surface area contributed by atoms with Crippen molar-refractivity contribution in [3.05, 3.63) is 45.6 Å². The Bertz CT molecular complexity index is 755. The van der Waals surface area contributed by atoms with Crippen LogP contribution >= 0.6 is 11.3 Å². The second-order valence-corrected chi connectivity index (χ2v) is 5.99. The van der Waals surface area contributed by atoms with Crippen LogP contribution in [0.3, 0.4) is 0 Å². The number of hydrogen-bond donors (Lipinski definition) is 2. The van der Waals surface area contributed by atoms with Gasteiger partial charge >= 0.3 is 5.97 Å². The third kappa shape index (κ3) is 3.14. The Morgan fingerprint density at radius 2 is 2.09 bits per heavy atom. The van der Waals surface area contributed by atoms with E-state index in [0.717, 1.165) is 5.56 Å². The number of carboxylic acids is 1. The second kappa shape index (κ2) is 6.29. The number of amides is 1. The fraction of sp³-hybridized carbons (Fsp3) is 0.250. The van der Waals surface area contributed by atoms with E-state index in [4.69, 9.17) is 9.47 Å². The molecule has 7 heteroatoms. The van der Waals surface area contributed by atoms with Crippen LogP contribution in [-0.2, 0) is 4.79 Å². The fourth-order valence-electron chi connectivity index (χ4n) is 2.35. The van der Waals surface area contributed by atoms with Crippen LogP contribution in [0.1, 0.15) is 26.8 Å². The molecule has 0 spiro atoms. The van der Waals surface area contributed by atoms with E-state index in [1.807, 2.05) is 13.0 Å². The minimum absolute atomic E-state index is 0.318. The van der Waals surface area contributed by atoms with Gasteiger partial charge in [0.05, 0.1) is 0 Å². The number of aryl methyl sites for hydroxylation is 1. The van der Waals surface area contributed by atoms with Crippen molar-refractivity contribution in [1.82, 2.24) is 5.32 Å². The number of carbonyl (C=O) groups excluding carboxylic acids is 1. The van der Waals surface area contributed by atoms with Crippen molar-refractivity contribution in [1.29, 1.82) is 0 Å². The summed E-state index contributed by atoms with van der Waals surface area (Å²) in [6.07, 6.45) is 0. The van der Waals surface area contributed by atoms with E-state index in [2.05, 4.69) is 5.32 Å². The van der Waals surface area contributed by atoms with Crippen LogP contribution in [0.5, 0.6) is 11.5 Å². The Morgan fingerprint density at radius 1 is 1.30 bits per heavy atom. The van der Waals surface area contributed by atoms with Crippen LogP contribution in [0, 0.1) is 6.92 Å². The molecule has 2 N–H and O–H groups in total. The highest BCUT2D eigenvalue weighted by Gasteiger charge is 2.28. The number of nitrogens with one attached hydrogen (secondary N) is 1. The van der Waals surface area contributed by atoms with Gasteiger partial charge in [-0.15, -0.1) is 11.3 Å². The largest absolute Gasteiger partial charge is 0.485 e. The van der Waals surface area contributed by atoms with E-state index >= 15 is 0 Å². The Kier molecular flexibility index (Phi) is 4.20. The first-order chi connectivity index (χ1) is 11.1. The predicted octanol–water partition coefficient (Wildman–Crippen LogP) is 2.38. The summed E-state index contributed by atoms with van der Waals surface area (Å²) in [6.45, 7) is 2.67. The molecule has 1 amide bonds. The monoisotopic (exact) mass is 333 g/mol. The first-order valence-corrected chi connectivity index (χ1v) is 7.91. The van der Waals surface area contributed by atoms with E-state index in [-0.39, 0.29) is 0 Å². The number of thiophene rings is 1. The molecule has 2 heterocycles. The lowest BCUT2D eigenvalue weighted by molar-refractivity contribution is -0.139. The number of carboxylic acid groups (broad SMARTS) is 1. The van der Waals surface area contributed by atoms with E-state index in [0.29, 0.717) is 35.2 Å². The van der Waals surface area contributed by atoms with Crippen molar-refractivity contribution in [3.63, 3.8) is 0 Å². The van der Waals surface area contributed by atoms with Crippen LogP contribution in [-0.4, -0.2) is 30.2 Å². The Labute approximate surface area is 136 Å². The van der Waals surface area contributed by atoms with Gasteiger partial charge in [0.1, 0.15) is 18.1 Å². The van der Waals surface area contributed by atoms with E-state index < -0.39 is 17.9 Å². The van der Waals surface area contributed by atoms with Crippen molar-refractivity contribution in [2.75, 3.05) is 13.2 Å². The minimum Gasteiger partial charge on any atom is -0.485 e. The maximum atomic E-state index is 12.5. The topological polar surface area (TPSA) is 84.9 Å². The summed E-state index contributed by atoms with van der Waals surface area (Å²) in [5.74, 6) is -0.705. The second-order valence-electron chi connectivity index (χ2n) is 5.11. The Balaban J connectivity index is 1.85. The zero-order chi connectivity index (χ0) is 16.4. The average Bonchev–Trinajstić information content (AvgIpc) is 2.96. The van der Waals surface area contributed by atoms with Gasteiger partial charge in [-0.3, -0.25) is 4.79 Å². The Morgan fingerprint density at radius 3 is 2.83 bits per heavy atom. The lowest BCUT2D eigenvalue weighted by Gasteiger charge is -2.18. The van der Waals surface area contributed by atoms with Gasteiger partial charge in [-0.05, 0) is 12.5 Å². The van der Waals surface area contributed by atoms with Crippen LogP contribution < -0.4 is 14.8 Å². The van der Waals surface area contributed by atoms with Crippen molar-refractivity contribution < 1.29 is 24.2 Å². The van der Waals surface area contributed by atoms with Gasteiger partial charge in [-0.2, -0.15) is 0 Å². The number of rotatable bonds is 4. The highest BCUT2D eigenvalue weighted by atomic mass is 32.1. The molecule has 3 rings (SSSR count). The van der Waals surface area contributed by atoms with Crippen molar-refractivity contribution in [2.24, 2.45) is 0 Å². The number of benzene rings is 1. The molecule has 1 aliphatic heterocycles. The molecule has 1 aromatic carbocycles. The molecule has 0 saturated heterocycles. The first kappa shape index (κ1) is 15.4. The van der Waals surface area contributed by atoms with E-state index in [9.17, 15) is 14.7 Å². The maximum Gasteiger partial charge on any atom is 0.330 e. The summed E-state index contributed by atoms with van der Waals surface area (Å²) in [6, 6.07) is 5.92. The smallest absolute Gasteiger partial charge is 0.330 e. The van der Waals surface area contributed by atoms with Gasteiger partial charge in [0.2, 0.25) is 0 Å². The van der Waals surface area contributed by atoms with Crippen LogP contribution in [0.4, 0.5) is 0 Å². The standard InChI is InChI=1S/C16H15NO5S/c1-9-3-2-4-10(7-9)12(16(19)20)17-15(18)14-13-11(8-23-14)21-5-6-22-13/h2-4,7-8,12H,5-6H2,1H3,(H,17,18)(H,19,20)/t12-/m0/s1. The lowest BCUT2D eigenvalue weighted by Crippen LogP contribution is -2.33. The molecule has 0 radical (unpaired) electrons. The lowest BCUT2D eigenvalue weighted by atomic mass is 10.0. The molecular weight excluding hydrogens is 318 g/mol. The van der Waals surface area contributed by atoms with Crippen LogP contribution in [0.15, 0.2) is 29.6 Å². The highest BCUT2D eigenvalue weighted by Crippen LogP contribution is 2.39. The molecule has 0 saturated carbocycles. The van der Waals surface area contributed by atoms with Gasteiger partial charge in [0, 0.05) is 5.38 Å². The average molecular weight is 333 g/mol. The molecule has 0 unspecified atom stereocenters. The molecule has 1 atom stereocenters. The molecule has 0 aliphatic carbocycles. The van der Waals surface area contributed by atoms with Crippen LogP contribution in [0.2, 0.25) is 0 Å². The van der Waals surface area contributed by atoms with E-state index in [1.54, 1.807) is 23.6 Å². The normalized spacial score (nSPS) is 14.1. The molecule has 23 heavy (non-hydrogen) atoms. The number of aliphatic carboxylic acids is 1. The predicted molar refractivity (Wildman–Crippen MR) is 84.3 cm³/mol. The van der Waals surface area contributed by atoms with Gasteiger partial charge in [0.15, 0.2) is 17.5 Å². The quantitative estimate of drug-likeness (QED) is 0.897. The highest BCUT2D eigenvalue weighted by molar-refractivity contribution is 7.12. The fourth-order valence-corrected chi connectivity index (χ4v) is 3.19. The molecule has 1 aliphatic rings. The third-order valence-corrected chi connectivity index (χ3v) is 4.34. The summed E-state index contributed by atoms with van der Waals surface area (Å²) in [4.78, 5) is 24.3. The molecule has 1 aromatic heterocycles. The first-order valence-electron chi connectivity index (χ1n) is 7.03. The molecular formula is C16H15NO5S. The molecule has 120 valence electrons. The molecule has 2 aromatic rings. The van der Waals surface area contributed by atoms with Crippen molar-refractivity contribution >= 4 is 23.2 Å². The maximum absolute atomic E-state index is 12.5. The van der Waals surface area contributed by atoms with Gasteiger partial charge in [-0.25, -0.2) is 4.79 Å². The summed E-state index contributed by atoms with van der Waals surface area (Å²) in [5, 5.41) is 13.7. The van der Waals surface area contributed by atoms with Gasteiger partial charge < -0.3 is 19.9 Å². The number of fused-ring (bicyclic) bond motifs is 1. The number of hydrogen-bond acceptors (Lipinski definition) is 5. The third-order valence-electron chi connectivity index (χ3n) is 3.41. The molecule has 6 nitrogen and oxygen atoms in total. The molecule has 0 fully saturated rings. The number of carbonyl (C=O) groups is 2. The SMILES string of the molecule is Cc1cccc([C@H](NC(=O)c2scc3c2OCCO3)C(=O)O)c1. The van der Waals surface area contributed by atoms with Gasteiger partial charge in [0.25, 0.3) is 5.91 Å². The Hall–Kier alpha value is -2.54.